The van der Waals surface area contributed by atoms with Gasteiger partial charge in [-0.2, -0.15) is 0 Å². The maximum atomic E-state index is 12.6. The Kier molecular flexibility index (Phi) is 8.73. The minimum Gasteiger partial charge on any atom is -0.393 e. The minimum absolute atomic E-state index is 0.0303. The summed E-state index contributed by atoms with van der Waals surface area (Å²) in [6.45, 7) is 8.33. The van der Waals surface area contributed by atoms with Gasteiger partial charge in [0.15, 0.2) is 5.82 Å². The number of nitrogens with zero attached hydrogens (tertiary/aromatic N) is 5. The number of hydrogen-bond acceptors (Lipinski definition) is 9. The van der Waals surface area contributed by atoms with E-state index in [2.05, 4.69) is 37.5 Å². The van der Waals surface area contributed by atoms with Crippen molar-refractivity contribution in [3.8, 4) is 11.3 Å². The van der Waals surface area contributed by atoms with Crippen LogP contribution < -0.4 is 15.5 Å². The maximum Gasteiger partial charge on any atom is 0.227 e. The lowest BCUT2D eigenvalue weighted by Crippen LogP contribution is -2.37. The summed E-state index contributed by atoms with van der Waals surface area (Å²) >= 11 is 0. The highest BCUT2D eigenvalue weighted by atomic mass is 16.5. The highest BCUT2D eigenvalue weighted by Crippen LogP contribution is 2.36. The molecule has 5 rings (SSSR count). The van der Waals surface area contributed by atoms with Crippen LogP contribution in [0.1, 0.15) is 56.8 Å². The van der Waals surface area contributed by atoms with Gasteiger partial charge in [0.05, 0.1) is 17.4 Å². The molecule has 2 aromatic heterocycles. The quantitative estimate of drug-likeness (QED) is 0.365. The topological polar surface area (TPSA) is 120 Å². The van der Waals surface area contributed by atoms with Gasteiger partial charge in [-0.1, -0.05) is 18.1 Å². The molecule has 208 valence electrons. The Labute approximate surface area is 229 Å². The van der Waals surface area contributed by atoms with Crippen LogP contribution >= 0.6 is 0 Å². The van der Waals surface area contributed by atoms with Gasteiger partial charge >= 0.3 is 0 Å². The van der Waals surface area contributed by atoms with Crippen LogP contribution in [-0.4, -0.2) is 69.9 Å². The second-order valence-electron chi connectivity index (χ2n) is 10.5. The highest BCUT2D eigenvalue weighted by Gasteiger charge is 2.25. The maximum absolute atomic E-state index is 12.6. The molecular weight excluding hydrogens is 494 g/mol. The Balaban J connectivity index is 1.28. The molecule has 2 saturated heterocycles. The van der Waals surface area contributed by atoms with Gasteiger partial charge in [0, 0.05) is 56.7 Å². The van der Waals surface area contributed by atoms with Gasteiger partial charge in [0.2, 0.25) is 11.9 Å². The zero-order chi connectivity index (χ0) is 27.2. The lowest BCUT2D eigenvalue weighted by Gasteiger charge is -2.29. The number of carbonyl (C=O) groups is 1. The largest absolute Gasteiger partial charge is 0.393 e. The van der Waals surface area contributed by atoms with Crippen molar-refractivity contribution in [1.29, 1.82) is 0 Å². The number of anilines is 4. The molecule has 0 radical (unpaired) electrons. The van der Waals surface area contributed by atoms with Crippen LogP contribution in [0.5, 0.6) is 0 Å². The molecule has 2 fully saturated rings. The molecule has 0 atom stereocenters. The van der Waals surface area contributed by atoms with Crippen LogP contribution in [0.25, 0.3) is 11.3 Å². The number of benzene rings is 1. The van der Waals surface area contributed by atoms with E-state index in [-0.39, 0.29) is 12.0 Å². The average Bonchev–Trinajstić information content (AvgIpc) is 3.34. The fourth-order valence-electron chi connectivity index (χ4n) is 5.33. The number of aliphatic hydroxyl groups excluding tert-OH is 1. The van der Waals surface area contributed by atoms with Crippen molar-refractivity contribution in [2.45, 2.75) is 64.9 Å². The third kappa shape index (κ3) is 6.75. The molecule has 10 nitrogen and oxygen atoms in total. The standard InChI is InChI=1S/C29H39N7O3/c1-3-21-19-30-29(33-27(21)26-20(2)39-34-28(26)36-13-5-4-6-14-36)32-23-9-7-8-22(18-23)31-25(38)12-17-35-15-10-24(37)11-16-35/h7-9,18-19,24,37H,3-6,10-17H2,1-2H3,(H,31,38)(H,30,32,33). The summed E-state index contributed by atoms with van der Waals surface area (Å²) in [6, 6.07) is 7.58. The first kappa shape index (κ1) is 27.1. The van der Waals surface area contributed by atoms with Crippen LogP contribution in [0.2, 0.25) is 0 Å². The van der Waals surface area contributed by atoms with Crippen molar-refractivity contribution in [3.05, 3.63) is 41.8 Å². The Bertz CT molecular complexity index is 1260. The Hall–Kier alpha value is -3.50. The lowest BCUT2D eigenvalue weighted by molar-refractivity contribution is -0.116. The summed E-state index contributed by atoms with van der Waals surface area (Å²) < 4.78 is 5.65. The number of aliphatic hydroxyl groups is 1. The van der Waals surface area contributed by atoms with E-state index in [9.17, 15) is 9.90 Å². The molecule has 10 heteroatoms. The third-order valence-electron chi connectivity index (χ3n) is 7.60. The Morgan fingerprint density at radius 2 is 1.90 bits per heavy atom. The molecule has 0 aliphatic carbocycles. The van der Waals surface area contributed by atoms with E-state index in [0.29, 0.717) is 24.6 Å². The summed E-state index contributed by atoms with van der Waals surface area (Å²) in [5, 5.41) is 20.4. The summed E-state index contributed by atoms with van der Waals surface area (Å²) in [4.78, 5) is 26.6. The minimum atomic E-state index is -0.208. The lowest BCUT2D eigenvalue weighted by atomic mass is 10.0. The molecule has 0 bridgehead atoms. The molecule has 1 amide bonds. The first-order valence-corrected chi connectivity index (χ1v) is 14.1. The molecule has 0 saturated carbocycles. The number of nitrogens with one attached hydrogen (secondary N) is 2. The number of aryl methyl sites for hydroxylation is 2. The number of rotatable bonds is 9. The van der Waals surface area contributed by atoms with Crippen molar-refractivity contribution in [2.75, 3.05) is 48.3 Å². The molecule has 2 aliphatic rings. The predicted octanol–water partition coefficient (Wildman–Crippen LogP) is 4.52. The predicted molar refractivity (Wildman–Crippen MR) is 152 cm³/mol. The molecular formula is C29H39N7O3. The van der Waals surface area contributed by atoms with Gasteiger partial charge in [0.1, 0.15) is 5.76 Å². The zero-order valence-corrected chi connectivity index (χ0v) is 22.9. The van der Waals surface area contributed by atoms with Crippen molar-refractivity contribution < 1.29 is 14.4 Å². The third-order valence-corrected chi connectivity index (χ3v) is 7.60. The second kappa shape index (κ2) is 12.6. The van der Waals surface area contributed by atoms with Crippen LogP contribution in [-0.2, 0) is 11.2 Å². The van der Waals surface area contributed by atoms with Crippen LogP contribution in [0.3, 0.4) is 0 Å². The van der Waals surface area contributed by atoms with Gasteiger partial charge in [-0.3, -0.25) is 4.79 Å². The molecule has 1 aromatic carbocycles. The van der Waals surface area contributed by atoms with Crippen LogP contribution in [0, 0.1) is 6.92 Å². The molecule has 3 aromatic rings. The monoisotopic (exact) mass is 533 g/mol. The fraction of sp³-hybridized carbons (Fsp3) is 0.517. The molecule has 4 heterocycles. The van der Waals surface area contributed by atoms with Gasteiger partial charge in [-0.05, 0) is 69.2 Å². The molecule has 3 N–H and O–H groups in total. The van der Waals surface area contributed by atoms with E-state index < -0.39 is 0 Å². The van der Waals surface area contributed by atoms with Crippen molar-refractivity contribution in [1.82, 2.24) is 20.0 Å². The van der Waals surface area contributed by atoms with E-state index in [0.717, 1.165) is 92.4 Å². The fourth-order valence-corrected chi connectivity index (χ4v) is 5.33. The summed E-state index contributed by atoms with van der Waals surface area (Å²) in [5.74, 6) is 2.05. The summed E-state index contributed by atoms with van der Waals surface area (Å²) in [7, 11) is 0. The molecule has 2 aliphatic heterocycles. The summed E-state index contributed by atoms with van der Waals surface area (Å²) in [5.41, 5.74) is 4.31. The number of aromatic nitrogens is 3. The summed E-state index contributed by atoms with van der Waals surface area (Å²) in [6.07, 6.45) is 7.95. The molecule has 39 heavy (non-hydrogen) atoms. The number of carbonyl (C=O) groups excluding carboxylic acids is 1. The van der Waals surface area contributed by atoms with E-state index in [1.807, 2.05) is 37.4 Å². The first-order chi connectivity index (χ1) is 19.0. The van der Waals surface area contributed by atoms with E-state index in [1.54, 1.807) is 0 Å². The number of likely N-dealkylation sites (tertiary alicyclic amines) is 1. The van der Waals surface area contributed by atoms with Gasteiger partial charge in [-0.15, -0.1) is 0 Å². The van der Waals surface area contributed by atoms with Crippen molar-refractivity contribution in [2.24, 2.45) is 0 Å². The van der Waals surface area contributed by atoms with Gasteiger partial charge in [0.25, 0.3) is 0 Å². The van der Waals surface area contributed by atoms with E-state index in [1.165, 1.54) is 6.42 Å². The van der Waals surface area contributed by atoms with Crippen molar-refractivity contribution >= 4 is 29.0 Å². The number of hydrogen-bond donors (Lipinski definition) is 3. The number of piperidine rings is 2. The van der Waals surface area contributed by atoms with Crippen LogP contribution in [0.4, 0.5) is 23.1 Å². The average molecular weight is 534 g/mol. The van der Waals surface area contributed by atoms with E-state index in [4.69, 9.17) is 9.51 Å². The zero-order valence-electron chi connectivity index (χ0n) is 22.9. The molecule has 0 unspecified atom stereocenters. The second-order valence-corrected chi connectivity index (χ2v) is 10.5. The Morgan fingerprint density at radius 1 is 1.13 bits per heavy atom. The van der Waals surface area contributed by atoms with E-state index >= 15 is 0 Å². The first-order valence-electron chi connectivity index (χ1n) is 14.1. The van der Waals surface area contributed by atoms with Crippen molar-refractivity contribution in [3.63, 3.8) is 0 Å². The van der Waals surface area contributed by atoms with Crippen LogP contribution in [0.15, 0.2) is 35.0 Å². The normalized spacial score (nSPS) is 16.8. The Morgan fingerprint density at radius 3 is 2.67 bits per heavy atom. The smallest absolute Gasteiger partial charge is 0.227 e. The SMILES string of the molecule is CCc1cnc(Nc2cccc(NC(=O)CCN3CCC(O)CC3)c2)nc1-c1c(N2CCCCC2)noc1C. The van der Waals surface area contributed by atoms with Gasteiger partial charge in [-0.25, -0.2) is 9.97 Å². The van der Waals surface area contributed by atoms with Gasteiger partial charge < -0.3 is 30.1 Å². The molecule has 0 spiro atoms. The highest BCUT2D eigenvalue weighted by molar-refractivity contribution is 5.91. The number of amides is 1.